The summed E-state index contributed by atoms with van der Waals surface area (Å²) in [5.74, 6) is 6.23. The number of hydrogen-bond acceptors (Lipinski definition) is 2. The van der Waals surface area contributed by atoms with Crippen LogP contribution in [0.1, 0.15) is 132 Å². The van der Waals surface area contributed by atoms with E-state index in [2.05, 4.69) is 34.6 Å². The zero-order valence-electron chi connectivity index (χ0n) is 23.9. The van der Waals surface area contributed by atoms with Crippen LogP contribution in [0.5, 0.6) is 0 Å². The van der Waals surface area contributed by atoms with Crippen molar-refractivity contribution >= 4 is 5.97 Å². The van der Waals surface area contributed by atoms with Crippen LogP contribution in [-0.2, 0) is 9.53 Å². The molecule has 2 unspecified atom stereocenters. The van der Waals surface area contributed by atoms with E-state index in [0.717, 1.165) is 54.3 Å². The second-order valence-corrected chi connectivity index (χ2v) is 15.2. The molecule has 196 valence electrons. The van der Waals surface area contributed by atoms with Crippen molar-refractivity contribution in [2.45, 2.75) is 139 Å². The third-order valence-electron chi connectivity index (χ3n) is 11.7. The lowest BCUT2D eigenvalue weighted by molar-refractivity contribution is -0.170. The van der Waals surface area contributed by atoms with Crippen molar-refractivity contribution in [3.63, 3.8) is 0 Å². The SMILES string of the molecule is CC(C)CCC[C@@H](C)[C@H]1CC[C@H]2[C@@H]3CCC4CC(OC(=O)C(C)(C)C)CC[C@]4(C)[C@H]3CC[C@]12C. The van der Waals surface area contributed by atoms with Gasteiger partial charge in [0.2, 0.25) is 0 Å². The Hall–Kier alpha value is -0.530. The van der Waals surface area contributed by atoms with Crippen molar-refractivity contribution in [3.8, 4) is 0 Å². The number of hydrogen-bond donors (Lipinski definition) is 0. The highest BCUT2D eigenvalue weighted by Gasteiger charge is 2.60. The summed E-state index contributed by atoms with van der Waals surface area (Å²) in [6, 6.07) is 0. The number of fused-ring (bicyclic) bond motifs is 5. The predicted octanol–water partition coefficient (Wildman–Crippen LogP) is 9.07. The van der Waals surface area contributed by atoms with Crippen molar-refractivity contribution in [3.05, 3.63) is 0 Å². The van der Waals surface area contributed by atoms with Crippen LogP contribution in [0.2, 0.25) is 0 Å². The standard InChI is InChI=1S/C32H56O2/c1-21(2)10-9-11-22(3)26-14-15-27-25-13-12-23-20-24(34-29(33)30(4,5)6)16-18-31(23,7)28(25)17-19-32(26,27)8/h21-28H,9-20H2,1-8H3/t22-,23?,24?,25+,26-,27+,28+,31+,32-/m1/s1. The summed E-state index contributed by atoms with van der Waals surface area (Å²) >= 11 is 0. The summed E-state index contributed by atoms with van der Waals surface area (Å²) in [7, 11) is 0. The fourth-order valence-electron chi connectivity index (χ4n) is 9.68. The first-order valence-corrected chi connectivity index (χ1v) is 15.1. The summed E-state index contributed by atoms with van der Waals surface area (Å²) in [6.45, 7) is 18.6. The second-order valence-electron chi connectivity index (χ2n) is 15.2. The highest BCUT2D eigenvalue weighted by Crippen LogP contribution is 2.68. The number of carbonyl (C=O) groups is 1. The smallest absolute Gasteiger partial charge is 0.311 e. The van der Waals surface area contributed by atoms with Crippen LogP contribution in [0, 0.1) is 57.7 Å². The van der Waals surface area contributed by atoms with E-state index in [1.165, 1.54) is 64.2 Å². The van der Waals surface area contributed by atoms with Crippen molar-refractivity contribution < 1.29 is 9.53 Å². The van der Waals surface area contributed by atoms with E-state index in [-0.39, 0.29) is 12.1 Å². The Kier molecular flexibility index (Phi) is 7.60. The first-order chi connectivity index (χ1) is 15.9. The lowest BCUT2D eigenvalue weighted by Gasteiger charge is -2.61. The van der Waals surface area contributed by atoms with Gasteiger partial charge in [0.25, 0.3) is 0 Å². The molecule has 0 amide bonds. The number of rotatable bonds is 6. The molecule has 34 heavy (non-hydrogen) atoms. The van der Waals surface area contributed by atoms with Gasteiger partial charge in [-0.3, -0.25) is 4.79 Å². The molecule has 4 rings (SSSR count). The lowest BCUT2D eigenvalue weighted by Crippen LogP contribution is -2.54. The van der Waals surface area contributed by atoms with Gasteiger partial charge in [0, 0.05) is 0 Å². The molecule has 0 spiro atoms. The summed E-state index contributed by atoms with van der Waals surface area (Å²) in [5, 5.41) is 0. The molecule has 0 heterocycles. The minimum Gasteiger partial charge on any atom is -0.462 e. The Balaban J connectivity index is 1.41. The fraction of sp³-hybridized carbons (Fsp3) is 0.969. The molecule has 0 aromatic heterocycles. The molecule has 4 aliphatic carbocycles. The molecule has 0 bridgehead atoms. The highest BCUT2D eigenvalue weighted by atomic mass is 16.5. The molecule has 0 aromatic carbocycles. The summed E-state index contributed by atoms with van der Waals surface area (Å²) in [5.41, 5.74) is 0.661. The normalized spacial score (nSPS) is 43.1. The number of ether oxygens (including phenoxy) is 1. The van der Waals surface area contributed by atoms with Crippen LogP contribution in [0.15, 0.2) is 0 Å². The van der Waals surface area contributed by atoms with E-state index in [0.29, 0.717) is 10.8 Å². The predicted molar refractivity (Wildman–Crippen MR) is 142 cm³/mol. The molecule has 4 fully saturated rings. The number of esters is 1. The maximum Gasteiger partial charge on any atom is 0.311 e. The average Bonchev–Trinajstić information content (AvgIpc) is 3.10. The van der Waals surface area contributed by atoms with Crippen LogP contribution in [0.25, 0.3) is 0 Å². The van der Waals surface area contributed by atoms with Gasteiger partial charge in [-0.1, -0.05) is 53.9 Å². The Bertz CT molecular complexity index is 719. The maximum absolute atomic E-state index is 12.5. The molecule has 0 aliphatic heterocycles. The second kappa shape index (κ2) is 9.74. The Labute approximate surface area is 211 Å². The van der Waals surface area contributed by atoms with E-state index >= 15 is 0 Å². The third kappa shape index (κ3) is 4.87. The van der Waals surface area contributed by atoms with Crippen molar-refractivity contribution in [1.29, 1.82) is 0 Å². The zero-order chi connectivity index (χ0) is 24.9. The van der Waals surface area contributed by atoms with Gasteiger partial charge in [-0.25, -0.2) is 0 Å². The summed E-state index contributed by atoms with van der Waals surface area (Å²) in [6.07, 6.45) is 16.5. The van der Waals surface area contributed by atoms with Crippen molar-refractivity contribution in [2.75, 3.05) is 0 Å². The lowest BCUT2D eigenvalue weighted by atomic mass is 9.44. The van der Waals surface area contributed by atoms with Crippen molar-refractivity contribution in [2.24, 2.45) is 57.7 Å². The molecule has 4 saturated carbocycles. The minimum atomic E-state index is -0.392. The molecule has 0 aromatic rings. The highest BCUT2D eigenvalue weighted by molar-refractivity contribution is 5.75. The molecular formula is C32H56O2. The van der Waals surface area contributed by atoms with Gasteiger partial charge >= 0.3 is 5.97 Å². The largest absolute Gasteiger partial charge is 0.462 e. The Morgan fingerprint density at radius 3 is 2.24 bits per heavy atom. The first kappa shape index (κ1) is 26.5. The van der Waals surface area contributed by atoms with Gasteiger partial charge in [0.1, 0.15) is 6.10 Å². The molecular weight excluding hydrogens is 416 g/mol. The number of carbonyl (C=O) groups excluding carboxylic acids is 1. The maximum atomic E-state index is 12.5. The quantitative estimate of drug-likeness (QED) is 0.360. The van der Waals surface area contributed by atoms with E-state index in [4.69, 9.17) is 4.74 Å². The van der Waals surface area contributed by atoms with Crippen LogP contribution >= 0.6 is 0 Å². The molecule has 2 heteroatoms. The van der Waals surface area contributed by atoms with Crippen LogP contribution in [0.4, 0.5) is 0 Å². The summed E-state index contributed by atoms with van der Waals surface area (Å²) < 4.78 is 6.02. The van der Waals surface area contributed by atoms with E-state index < -0.39 is 5.41 Å². The van der Waals surface area contributed by atoms with Gasteiger partial charge in [-0.05, 0) is 131 Å². The molecule has 0 N–H and O–H groups in total. The van der Waals surface area contributed by atoms with Crippen LogP contribution < -0.4 is 0 Å². The Morgan fingerprint density at radius 1 is 0.882 bits per heavy atom. The monoisotopic (exact) mass is 472 g/mol. The van der Waals surface area contributed by atoms with E-state index in [1.54, 1.807) is 0 Å². The van der Waals surface area contributed by atoms with E-state index in [9.17, 15) is 4.79 Å². The van der Waals surface area contributed by atoms with Crippen molar-refractivity contribution in [1.82, 2.24) is 0 Å². The van der Waals surface area contributed by atoms with Gasteiger partial charge < -0.3 is 4.74 Å². The van der Waals surface area contributed by atoms with Gasteiger partial charge in [0.05, 0.1) is 5.41 Å². The fourth-order valence-corrected chi connectivity index (χ4v) is 9.68. The van der Waals surface area contributed by atoms with E-state index in [1.807, 2.05) is 20.8 Å². The topological polar surface area (TPSA) is 26.3 Å². The zero-order valence-corrected chi connectivity index (χ0v) is 23.9. The third-order valence-corrected chi connectivity index (χ3v) is 11.7. The van der Waals surface area contributed by atoms with Gasteiger partial charge in [-0.2, -0.15) is 0 Å². The van der Waals surface area contributed by atoms with Crippen LogP contribution in [-0.4, -0.2) is 12.1 Å². The molecule has 0 saturated heterocycles. The Morgan fingerprint density at radius 2 is 1.56 bits per heavy atom. The van der Waals surface area contributed by atoms with Gasteiger partial charge in [0.15, 0.2) is 0 Å². The average molecular weight is 473 g/mol. The first-order valence-electron chi connectivity index (χ1n) is 15.1. The molecule has 0 radical (unpaired) electrons. The molecule has 2 nitrogen and oxygen atoms in total. The minimum absolute atomic E-state index is 0.0114. The molecule has 4 aliphatic rings. The summed E-state index contributed by atoms with van der Waals surface area (Å²) in [4.78, 5) is 12.5. The van der Waals surface area contributed by atoms with Crippen LogP contribution in [0.3, 0.4) is 0 Å². The molecule has 9 atom stereocenters. The van der Waals surface area contributed by atoms with Gasteiger partial charge in [-0.15, -0.1) is 0 Å².